The number of carboxylic acid groups (broad SMARTS) is 1. The van der Waals surface area contributed by atoms with E-state index in [4.69, 9.17) is 9.90 Å². The third-order valence-corrected chi connectivity index (χ3v) is 3.86. The van der Waals surface area contributed by atoms with Crippen LogP contribution in [0.25, 0.3) is 0 Å². The molecule has 0 saturated heterocycles. The van der Waals surface area contributed by atoms with E-state index in [1.807, 2.05) is 6.92 Å². The zero-order valence-electron chi connectivity index (χ0n) is 13.9. The van der Waals surface area contributed by atoms with Crippen molar-refractivity contribution in [2.75, 3.05) is 0 Å². The van der Waals surface area contributed by atoms with Gasteiger partial charge in [-0.1, -0.05) is 33.1 Å². The molecule has 1 rings (SSSR count). The molecule has 0 heterocycles. The number of carboxylic acids is 1. The van der Waals surface area contributed by atoms with E-state index in [2.05, 4.69) is 6.92 Å². The van der Waals surface area contributed by atoms with Crippen LogP contribution < -0.4 is 0 Å². The second kappa shape index (κ2) is 11.2. The zero-order valence-corrected chi connectivity index (χ0v) is 13.9. The van der Waals surface area contributed by atoms with Gasteiger partial charge in [-0.2, -0.15) is 0 Å². The smallest absolute Gasteiger partial charge is 0.300 e. The number of aliphatic carboxylic acids is 1. The number of aliphatic hydroxyl groups is 2. The summed E-state index contributed by atoms with van der Waals surface area (Å²) in [5, 5.41) is 27.3. The van der Waals surface area contributed by atoms with Crippen LogP contribution >= 0.6 is 0 Å². The van der Waals surface area contributed by atoms with Crippen LogP contribution in [0.4, 0.5) is 0 Å². The minimum absolute atomic E-state index is 0.0842. The summed E-state index contributed by atoms with van der Waals surface area (Å²) in [5.74, 6) is -1.10. The molecule has 0 aliphatic heterocycles. The van der Waals surface area contributed by atoms with Crippen LogP contribution in [0.1, 0.15) is 65.7 Å². The van der Waals surface area contributed by atoms with E-state index in [1.54, 1.807) is 6.08 Å². The van der Waals surface area contributed by atoms with Gasteiger partial charge in [0.25, 0.3) is 5.97 Å². The first kappa shape index (κ1) is 20.6. The number of Topliss-reactive ketones (excluding diaryl/α,β-unsaturated/α-hetero) is 1. The molecule has 0 unspecified atom stereocenters. The molecule has 22 heavy (non-hydrogen) atoms. The van der Waals surface area contributed by atoms with Crippen molar-refractivity contribution in [2.24, 2.45) is 11.8 Å². The van der Waals surface area contributed by atoms with Crippen LogP contribution in [0.3, 0.4) is 0 Å². The third kappa shape index (κ3) is 7.59. The maximum absolute atomic E-state index is 11.6. The van der Waals surface area contributed by atoms with Gasteiger partial charge in [0.1, 0.15) is 5.78 Å². The van der Waals surface area contributed by atoms with Crippen molar-refractivity contribution in [3.05, 3.63) is 11.8 Å². The maximum atomic E-state index is 11.6. The number of hydrogen-bond donors (Lipinski definition) is 3. The molecular weight excluding hydrogens is 284 g/mol. The second-order valence-corrected chi connectivity index (χ2v) is 5.78. The number of ketones is 1. The lowest BCUT2D eigenvalue weighted by Crippen LogP contribution is -2.22. The molecule has 0 spiro atoms. The highest BCUT2D eigenvalue weighted by molar-refractivity contribution is 5.84. The quantitative estimate of drug-likeness (QED) is 0.494. The van der Waals surface area contributed by atoms with Gasteiger partial charge in [-0.3, -0.25) is 9.59 Å². The van der Waals surface area contributed by atoms with Crippen molar-refractivity contribution in [3.8, 4) is 0 Å². The van der Waals surface area contributed by atoms with E-state index in [0.717, 1.165) is 19.8 Å². The molecule has 5 nitrogen and oxygen atoms in total. The van der Waals surface area contributed by atoms with Crippen LogP contribution in [0.5, 0.6) is 0 Å². The number of unbranched alkanes of at least 4 members (excludes halogenated alkanes) is 4. The van der Waals surface area contributed by atoms with E-state index in [1.165, 1.54) is 19.3 Å². The van der Waals surface area contributed by atoms with Gasteiger partial charge in [-0.15, -0.1) is 0 Å². The van der Waals surface area contributed by atoms with Gasteiger partial charge >= 0.3 is 0 Å². The van der Waals surface area contributed by atoms with Crippen molar-refractivity contribution in [2.45, 2.75) is 71.8 Å². The van der Waals surface area contributed by atoms with Crippen molar-refractivity contribution in [1.82, 2.24) is 0 Å². The normalized spacial score (nSPS) is 24.8. The number of carbonyl (C=O) groups is 2. The topological polar surface area (TPSA) is 94.8 Å². The van der Waals surface area contributed by atoms with Crippen molar-refractivity contribution >= 4 is 11.8 Å². The molecule has 1 fully saturated rings. The van der Waals surface area contributed by atoms with Gasteiger partial charge in [0.15, 0.2) is 0 Å². The molecule has 3 N–H and O–H groups in total. The SMILES string of the molecule is CC(=O)O.CCCCCCC=C(O)[C@H]1[C@H](O)CC(=O)[C@@H]1CC. The monoisotopic (exact) mass is 314 g/mol. The van der Waals surface area contributed by atoms with Gasteiger partial charge < -0.3 is 15.3 Å². The van der Waals surface area contributed by atoms with E-state index >= 15 is 0 Å². The summed E-state index contributed by atoms with van der Waals surface area (Å²) in [6, 6.07) is 0. The van der Waals surface area contributed by atoms with E-state index in [0.29, 0.717) is 6.42 Å². The Morgan fingerprint density at radius 2 is 1.82 bits per heavy atom. The van der Waals surface area contributed by atoms with Crippen LogP contribution in [0.15, 0.2) is 11.8 Å². The summed E-state index contributed by atoms with van der Waals surface area (Å²) < 4.78 is 0. The molecule has 1 saturated carbocycles. The zero-order chi connectivity index (χ0) is 17.1. The molecule has 0 aromatic heterocycles. The highest BCUT2D eigenvalue weighted by atomic mass is 16.4. The number of rotatable bonds is 7. The molecule has 0 amide bonds. The van der Waals surface area contributed by atoms with E-state index in [9.17, 15) is 15.0 Å². The summed E-state index contributed by atoms with van der Waals surface area (Å²) in [5.41, 5.74) is 0. The summed E-state index contributed by atoms with van der Waals surface area (Å²) in [6.07, 6.45) is 7.46. The molecule has 0 aromatic carbocycles. The minimum atomic E-state index is -0.833. The van der Waals surface area contributed by atoms with Crippen molar-refractivity contribution < 1.29 is 24.9 Å². The van der Waals surface area contributed by atoms with Crippen molar-refractivity contribution in [1.29, 1.82) is 0 Å². The lowest BCUT2D eigenvalue weighted by atomic mass is 9.89. The average molecular weight is 314 g/mol. The molecule has 128 valence electrons. The average Bonchev–Trinajstić information content (AvgIpc) is 2.71. The summed E-state index contributed by atoms with van der Waals surface area (Å²) in [4.78, 5) is 20.6. The second-order valence-electron chi connectivity index (χ2n) is 5.78. The van der Waals surface area contributed by atoms with Crippen molar-refractivity contribution in [3.63, 3.8) is 0 Å². The highest BCUT2D eigenvalue weighted by Gasteiger charge is 2.42. The predicted octanol–water partition coefficient (Wildman–Crippen LogP) is 3.47. The van der Waals surface area contributed by atoms with Crippen LogP contribution in [0, 0.1) is 11.8 Å². The van der Waals surface area contributed by atoms with Gasteiger partial charge in [0, 0.05) is 19.3 Å². The largest absolute Gasteiger partial charge is 0.512 e. The van der Waals surface area contributed by atoms with Crippen LogP contribution in [-0.4, -0.2) is 33.2 Å². The predicted molar refractivity (Wildman–Crippen MR) is 85.7 cm³/mol. The van der Waals surface area contributed by atoms with Crippen LogP contribution in [-0.2, 0) is 9.59 Å². The Bertz CT molecular complexity index is 371. The Labute approximate surface area is 133 Å². The fourth-order valence-electron chi connectivity index (χ4n) is 2.79. The van der Waals surface area contributed by atoms with Gasteiger partial charge in [0.2, 0.25) is 0 Å². The Hall–Kier alpha value is -1.36. The summed E-state index contributed by atoms with van der Waals surface area (Å²) in [7, 11) is 0. The minimum Gasteiger partial charge on any atom is -0.512 e. The number of allylic oxidation sites excluding steroid dienone is 1. The number of hydrogen-bond acceptors (Lipinski definition) is 4. The molecule has 1 aliphatic rings. The molecule has 3 atom stereocenters. The molecule has 0 aromatic rings. The fourth-order valence-corrected chi connectivity index (χ4v) is 2.79. The number of carbonyl (C=O) groups excluding carboxylic acids is 1. The van der Waals surface area contributed by atoms with Gasteiger partial charge in [0.05, 0.1) is 17.8 Å². The standard InChI is InChI=1S/C15H26O3.C2H4O2/c1-3-5-6-7-8-9-12(16)15-11(4-2)13(17)10-14(15)18;1-2(3)4/h9,11,14-16,18H,3-8,10H2,1-2H3;1H3,(H,3,4)/t11-,14+,15-;/m0./s1. The Kier molecular flexibility index (Phi) is 10.5. The van der Waals surface area contributed by atoms with Gasteiger partial charge in [-0.25, -0.2) is 0 Å². The number of aliphatic hydroxyl groups excluding tert-OH is 2. The first-order valence-electron chi connectivity index (χ1n) is 8.14. The molecule has 5 heteroatoms. The first-order chi connectivity index (χ1) is 10.3. The maximum Gasteiger partial charge on any atom is 0.300 e. The highest BCUT2D eigenvalue weighted by Crippen LogP contribution is 2.35. The van der Waals surface area contributed by atoms with E-state index < -0.39 is 12.1 Å². The third-order valence-electron chi connectivity index (χ3n) is 3.86. The Morgan fingerprint density at radius 1 is 1.23 bits per heavy atom. The molecule has 0 radical (unpaired) electrons. The Morgan fingerprint density at radius 3 is 2.32 bits per heavy atom. The first-order valence-corrected chi connectivity index (χ1v) is 8.14. The molecule has 0 bridgehead atoms. The summed E-state index contributed by atoms with van der Waals surface area (Å²) in [6.45, 7) is 5.18. The van der Waals surface area contributed by atoms with Crippen LogP contribution in [0.2, 0.25) is 0 Å². The Balaban J connectivity index is 0.000000980. The lowest BCUT2D eigenvalue weighted by molar-refractivity contribution is -0.134. The molecular formula is C17H30O5. The summed E-state index contributed by atoms with van der Waals surface area (Å²) >= 11 is 0. The lowest BCUT2D eigenvalue weighted by Gasteiger charge is -2.19. The fraction of sp³-hybridized carbons (Fsp3) is 0.765. The van der Waals surface area contributed by atoms with Gasteiger partial charge in [-0.05, 0) is 25.3 Å². The molecule has 1 aliphatic carbocycles. The van der Waals surface area contributed by atoms with E-state index in [-0.39, 0.29) is 29.8 Å².